The Kier molecular flexibility index (Phi) is 7.03. The molecule has 1 N–H and O–H groups in total. The lowest BCUT2D eigenvalue weighted by Crippen LogP contribution is -2.25. The molecular weight excluding hydrogens is 374 g/mol. The van der Waals surface area contributed by atoms with Gasteiger partial charge in [0.15, 0.2) is 5.78 Å². The van der Waals surface area contributed by atoms with Crippen molar-refractivity contribution in [1.29, 1.82) is 0 Å². The zero-order chi connectivity index (χ0) is 21.7. The number of nitrogens with zero attached hydrogens (tertiary/aromatic N) is 2. The summed E-state index contributed by atoms with van der Waals surface area (Å²) < 4.78 is 2.07. The van der Waals surface area contributed by atoms with Gasteiger partial charge in [0.1, 0.15) is 5.82 Å². The molecule has 2 aromatic carbocycles. The van der Waals surface area contributed by atoms with E-state index in [1.165, 1.54) is 0 Å². The van der Waals surface area contributed by atoms with Gasteiger partial charge < -0.3 is 9.88 Å². The molecule has 1 heterocycles. The predicted octanol–water partition coefficient (Wildman–Crippen LogP) is 4.95. The van der Waals surface area contributed by atoms with E-state index in [1.54, 1.807) is 6.92 Å². The van der Waals surface area contributed by atoms with Gasteiger partial charge in [0.2, 0.25) is 0 Å². The lowest BCUT2D eigenvalue weighted by molar-refractivity contribution is -0.119. The Hall–Kier alpha value is -2.95. The lowest BCUT2D eigenvalue weighted by Gasteiger charge is -2.15. The van der Waals surface area contributed by atoms with Gasteiger partial charge in [0.05, 0.1) is 17.1 Å². The molecule has 0 aliphatic heterocycles. The van der Waals surface area contributed by atoms with Crippen LogP contribution in [0.4, 0.5) is 0 Å². The van der Waals surface area contributed by atoms with Gasteiger partial charge in [-0.1, -0.05) is 36.2 Å². The van der Waals surface area contributed by atoms with Crippen LogP contribution in [-0.4, -0.2) is 27.8 Å². The Morgan fingerprint density at radius 3 is 2.57 bits per heavy atom. The third-order valence-electron chi connectivity index (χ3n) is 5.63. The standard InChI is InChI=1S/C25H31N3O2/c1-17-13-14-21(18(2)16-17)25(30)26-15-9-5-6-12-24-27-22-10-7-8-11-23(22)28(24)19(3)20(4)29/h7-8,10-11,13-14,16,19H,5-6,9,12,15H2,1-4H3,(H,26,30). The number of imidazole rings is 1. The van der Waals surface area contributed by atoms with Crippen LogP contribution in [0.1, 0.15) is 66.5 Å². The number of Topliss-reactive ketones (excluding diaryl/α,β-unsaturated/α-hetero) is 1. The number of carbonyl (C=O) groups excluding carboxylic acids is 2. The molecule has 0 aliphatic rings. The van der Waals surface area contributed by atoms with Crippen LogP contribution >= 0.6 is 0 Å². The van der Waals surface area contributed by atoms with Crippen LogP contribution in [-0.2, 0) is 11.2 Å². The Balaban J connectivity index is 1.52. The normalized spacial score (nSPS) is 12.1. The van der Waals surface area contributed by atoms with Crippen molar-refractivity contribution in [3.63, 3.8) is 0 Å². The molecule has 1 aromatic heterocycles. The first-order chi connectivity index (χ1) is 14.4. The molecule has 3 aromatic rings. The van der Waals surface area contributed by atoms with Gasteiger partial charge in [-0.3, -0.25) is 9.59 Å². The number of nitrogens with one attached hydrogen (secondary N) is 1. The maximum Gasteiger partial charge on any atom is 0.251 e. The summed E-state index contributed by atoms with van der Waals surface area (Å²) in [5.74, 6) is 1.08. The van der Waals surface area contributed by atoms with Crippen molar-refractivity contribution in [3.05, 3.63) is 65.0 Å². The first kappa shape index (κ1) is 21.8. The zero-order valence-corrected chi connectivity index (χ0v) is 18.4. The van der Waals surface area contributed by atoms with Crippen LogP contribution in [0.25, 0.3) is 11.0 Å². The van der Waals surface area contributed by atoms with Crippen molar-refractivity contribution in [3.8, 4) is 0 Å². The molecule has 0 fully saturated rings. The molecule has 0 saturated carbocycles. The van der Waals surface area contributed by atoms with Crippen LogP contribution in [0.3, 0.4) is 0 Å². The predicted molar refractivity (Wildman–Crippen MR) is 121 cm³/mol. The fraction of sp³-hybridized carbons (Fsp3) is 0.400. The first-order valence-electron chi connectivity index (χ1n) is 10.7. The van der Waals surface area contributed by atoms with Gasteiger partial charge in [0.25, 0.3) is 5.91 Å². The minimum atomic E-state index is -0.218. The minimum absolute atomic E-state index is 0.00965. The van der Waals surface area contributed by atoms with Crippen molar-refractivity contribution in [2.75, 3.05) is 6.54 Å². The molecule has 30 heavy (non-hydrogen) atoms. The maximum absolute atomic E-state index is 12.4. The van der Waals surface area contributed by atoms with E-state index in [2.05, 4.69) is 9.88 Å². The second-order valence-corrected chi connectivity index (χ2v) is 8.06. The van der Waals surface area contributed by atoms with Crippen molar-refractivity contribution in [2.45, 2.75) is 59.4 Å². The largest absolute Gasteiger partial charge is 0.352 e. The van der Waals surface area contributed by atoms with Crippen LogP contribution in [0.2, 0.25) is 0 Å². The molecule has 5 nitrogen and oxygen atoms in total. The highest BCUT2D eigenvalue weighted by Crippen LogP contribution is 2.23. The molecule has 0 saturated heterocycles. The van der Waals surface area contributed by atoms with E-state index in [4.69, 9.17) is 4.98 Å². The molecule has 0 radical (unpaired) electrons. The number of amides is 1. The second kappa shape index (κ2) is 9.70. The van der Waals surface area contributed by atoms with E-state index < -0.39 is 0 Å². The first-order valence-corrected chi connectivity index (χ1v) is 10.7. The van der Waals surface area contributed by atoms with Crippen molar-refractivity contribution in [2.24, 2.45) is 0 Å². The number of para-hydroxylation sites is 2. The van der Waals surface area contributed by atoms with Gasteiger partial charge >= 0.3 is 0 Å². The molecule has 1 unspecified atom stereocenters. The lowest BCUT2D eigenvalue weighted by atomic mass is 10.1. The Bertz CT molecular complexity index is 1050. The van der Waals surface area contributed by atoms with Crippen molar-refractivity contribution >= 4 is 22.7 Å². The molecule has 1 atom stereocenters. The summed E-state index contributed by atoms with van der Waals surface area (Å²) in [5.41, 5.74) is 4.85. The number of aryl methyl sites for hydroxylation is 3. The maximum atomic E-state index is 12.4. The number of hydrogen-bond donors (Lipinski definition) is 1. The number of ketones is 1. The summed E-state index contributed by atoms with van der Waals surface area (Å²) >= 11 is 0. The van der Waals surface area contributed by atoms with Crippen LogP contribution in [0.5, 0.6) is 0 Å². The highest BCUT2D eigenvalue weighted by atomic mass is 16.1. The zero-order valence-electron chi connectivity index (χ0n) is 18.4. The second-order valence-electron chi connectivity index (χ2n) is 8.06. The number of benzene rings is 2. The van der Waals surface area contributed by atoms with Gasteiger partial charge in [-0.25, -0.2) is 4.98 Å². The minimum Gasteiger partial charge on any atom is -0.352 e. The highest BCUT2D eigenvalue weighted by Gasteiger charge is 2.18. The van der Waals surface area contributed by atoms with Crippen LogP contribution in [0.15, 0.2) is 42.5 Å². The van der Waals surface area contributed by atoms with E-state index in [1.807, 2.05) is 63.2 Å². The van der Waals surface area contributed by atoms with E-state index in [-0.39, 0.29) is 17.7 Å². The third kappa shape index (κ3) is 4.96. The van der Waals surface area contributed by atoms with E-state index in [0.717, 1.165) is 59.2 Å². The van der Waals surface area contributed by atoms with Gasteiger partial charge in [-0.05, 0) is 64.3 Å². The van der Waals surface area contributed by atoms with E-state index >= 15 is 0 Å². The van der Waals surface area contributed by atoms with E-state index in [0.29, 0.717) is 6.54 Å². The van der Waals surface area contributed by atoms with Crippen molar-refractivity contribution < 1.29 is 9.59 Å². The SMILES string of the molecule is CC(=O)C(C)n1c(CCCCCNC(=O)c2ccc(C)cc2C)nc2ccccc21. The quantitative estimate of drug-likeness (QED) is 0.513. The van der Waals surface area contributed by atoms with Gasteiger partial charge in [0, 0.05) is 18.5 Å². The average Bonchev–Trinajstić information content (AvgIpc) is 3.07. The molecule has 0 aliphatic carbocycles. The molecule has 158 valence electrons. The fourth-order valence-corrected chi connectivity index (χ4v) is 3.84. The third-order valence-corrected chi connectivity index (χ3v) is 5.63. The monoisotopic (exact) mass is 405 g/mol. The molecule has 0 bridgehead atoms. The van der Waals surface area contributed by atoms with Crippen molar-refractivity contribution in [1.82, 2.24) is 14.9 Å². The summed E-state index contributed by atoms with van der Waals surface area (Å²) in [5, 5.41) is 3.02. The summed E-state index contributed by atoms with van der Waals surface area (Å²) in [6.45, 7) is 8.22. The van der Waals surface area contributed by atoms with Gasteiger partial charge in [-0.2, -0.15) is 0 Å². The van der Waals surface area contributed by atoms with Gasteiger partial charge in [-0.15, -0.1) is 0 Å². The molecule has 5 heteroatoms. The molecule has 3 rings (SSSR count). The number of carbonyl (C=O) groups is 2. The van der Waals surface area contributed by atoms with Crippen LogP contribution in [0, 0.1) is 13.8 Å². The molecule has 1 amide bonds. The summed E-state index contributed by atoms with van der Waals surface area (Å²) in [6, 6.07) is 13.6. The molecule has 0 spiro atoms. The number of aromatic nitrogens is 2. The molecular formula is C25H31N3O2. The summed E-state index contributed by atoms with van der Waals surface area (Å²) in [7, 11) is 0. The highest BCUT2D eigenvalue weighted by molar-refractivity contribution is 5.95. The Labute approximate surface area is 178 Å². The summed E-state index contributed by atoms with van der Waals surface area (Å²) in [4.78, 5) is 29.1. The number of fused-ring (bicyclic) bond motifs is 1. The Morgan fingerprint density at radius 1 is 1.07 bits per heavy atom. The summed E-state index contributed by atoms with van der Waals surface area (Å²) in [6.07, 6.45) is 3.69. The van der Waals surface area contributed by atoms with Crippen LogP contribution < -0.4 is 5.32 Å². The number of hydrogen-bond acceptors (Lipinski definition) is 3. The average molecular weight is 406 g/mol. The smallest absolute Gasteiger partial charge is 0.251 e. The van der Waals surface area contributed by atoms with E-state index in [9.17, 15) is 9.59 Å². The number of rotatable bonds is 9. The number of unbranched alkanes of at least 4 members (excludes halogenated alkanes) is 2. The Morgan fingerprint density at radius 2 is 1.83 bits per heavy atom. The fourth-order valence-electron chi connectivity index (χ4n) is 3.84. The topological polar surface area (TPSA) is 64.0 Å².